The van der Waals surface area contributed by atoms with Crippen molar-refractivity contribution in [2.45, 2.75) is 18.3 Å². The van der Waals surface area contributed by atoms with Crippen molar-refractivity contribution in [3.05, 3.63) is 111 Å². The molecule has 2 radical (unpaired) electrons. The molecular formula is C36H34BN7O2S. The van der Waals surface area contributed by atoms with E-state index < -0.39 is 0 Å². The summed E-state index contributed by atoms with van der Waals surface area (Å²) in [5, 5.41) is 0. The van der Waals surface area contributed by atoms with Gasteiger partial charge in [-0.1, -0.05) is 49.3 Å². The van der Waals surface area contributed by atoms with E-state index in [4.69, 9.17) is 15.7 Å². The molecule has 2 atom stereocenters. The number of hydrogen-bond donors (Lipinski definition) is 1. The maximum absolute atomic E-state index is 12.2. The first-order chi connectivity index (χ1) is 23.0. The number of nitrogens with two attached hydrogens (primary N) is 1. The van der Waals surface area contributed by atoms with Gasteiger partial charge in [-0.2, -0.15) is 0 Å². The minimum atomic E-state index is -0.327. The van der Waals surface area contributed by atoms with Crippen molar-refractivity contribution in [1.82, 2.24) is 24.4 Å². The van der Waals surface area contributed by atoms with Gasteiger partial charge in [0.05, 0.1) is 24.0 Å². The number of likely N-dealkylation sites (tertiary alicyclic amines) is 1. The molecule has 0 amide bonds. The predicted molar refractivity (Wildman–Crippen MR) is 191 cm³/mol. The molecule has 8 rings (SSSR count). The molecule has 9 nitrogen and oxygen atoms in total. The Morgan fingerprint density at radius 3 is 2.26 bits per heavy atom. The molecule has 234 valence electrons. The zero-order valence-electron chi connectivity index (χ0n) is 26.3. The van der Waals surface area contributed by atoms with Crippen LogP contribution in [-0.4, -0.2) is 64.7 Å². The number of fused-ring (bicyclic) bond motifs is 2. The molecule has 2 unspecified atom stereocenters. The fourth-order valence-electron chi connectivity index (χ4n) is 7.00. The Kier molecular flexibility index (Phi) is 8.42. The van der Waals surface area contributed by atoms with Gasteiger partial charge in [0.1, 0.15) is 17.0 Å². The Labute approximate surface area is 278 Å². The van der Waals surface area contributed by atoms with Crippen LogP contribution in [0.1, 0.15) is 5.56 Å². The molecule has 2 aliphatic heterocycles. The average Bonchev–Trinajstić information content (AvgIpc) is 3.79. The molecule has 5 heterocycles. The largest absolute Gasteiger partial charge is 0.383 e. The van der Waals surface area contributed by atoms with Crippen molar-refractivity contribution in [2.75, 3.05) is 43.1 Å². The lowest BCUT2D eigenvalue weighted by atomic mass is 10.0. The van der Waals surface area contributed by atoms with Crippen molar-refractivity contribution in [1.29, 1.82) is 0 Å². The molecule has 2 N–H and O–H groups in total. The van der Waals surface area contributed by atoms with Crippen LogP contribution in [0.4, 0.5) is 11.5 Å². The van der Waals surface area contributed by atoms with E-state index in [9.17, 15) is 9.59 Å². The molecular weight excluding hydrogens is 605 g/mol. The zero-order chi connectivity index (χ0) is 32.7. The summed E-state index contributed by atoms with van der Waals surface area (Å²) in [6, 6.07) is 26.5. The van der Waals surface area contributed by atoms with Gasteiger partial charge in [0.2, 0.25) is 5.43 Å². The first-order valence-electron chi connectivity index (χ1n) is 15.7. The van der Waals surface area contributed by atoms with E-state index in [2.05, 4.69) is 63.6 Å². The van der Waals surface area contributed by atoms with Crippen LogP contribution in [0.15, 0.2) is 99.5 Å². The average molecular weight is 640 g/mol. The number of thioether (sulfide) groups is 1. The topological polar surface area (TPSA) is 110 Å². The summed E-state index contributed by atoms with van der Waals surface area (Å²) in [5.41, 5.74) is 12.7. The highest BCUT2D eigenvalue weighted by Crippen LogP contribution is 2.37. The third-order valence-corrected chi connectivity index (χ3v) is 9.97. The maximum atomic E-state index is 12.2. The Balaban J connectivity index is 0.00000172. The molecule has 0 saturated carbocycles. The molecule has 0 spiro atoms. The second-order valence-electron chi connectivity index (χ2n) is 11.9. The molecule has 3 aromatic heterocycles. The standard InChI is InChI=1S/C35H31N7O2S.CH3B/c1-45-32-29(30(43)31(32)44)41-19-23-17-40(18-24(23)20-41)16-21-9-11-25(12-10-21)42-34(26-8-5-15-37-33(26)36)39-28-14-13-27(38-35(28)42)22-6-3-2-4-7-22;1-2/h2-15,23-24H,16-20H2,1H3,(H2,36,37);1H3. The number of hydrogen-bond acceptors (Lipinski definition) is 9. The molecule has 0 aliphatic carbocycles. The summed E-state index contributed by atoms with van der Waals surface area (Å²) in [4.78, 5) is 43.8. The van der Waals surface area contributed by atoms with E-state index in [1.165, 1.54) is 24.1 Å². The number of anilines is 2. The van der Waals surface area contributed by atoms with Gasteiger partial charge in [-0.15, -0.1) is 11.8 Å². The summed E-state index contributed by atoms with van der Waals surface area (Å²) < 4.78 is 2.07. The van der Waals surface area contributed by atoms with Gasteiger partial charge in [-0.25, -0.2) is 15.0 Å². The van der Waals surface area contributed by atoms with Gasteiger partial charge in [0.15, 0.2) is 11.5 Å². The number of benzene rings is 2. The van der Waals surface area contributed by atoms with Crippen LogP contribution in [0.2, 0.25) is 6.82 Å². The third-order valence-electron chi connectivity index (χ3n) is 9.18. The van der Waals surface area contributed by atoms with E-state index in [1.54, 1.807) is 6.20 Å². The highest BCUT2D eigenvalue weighted by Gasteiger charge is 2.42. The quantitative estimate of drug-likeness (QED) is 0.149. The van der Waals surface area contributed by atoms with Crippen molar-refractivity contribution in [2.24, 2.45) is 11.8 Å². The van der Waals surface area contributed by atoms with E-state index in [-0.39, 0.29) is 10.9 Å². The van der Waals surface area contributed by atoms with E-state index >= 15 is 0 Å². The summed E-state index contributed by atoms with van der Waals surface area (Å²) in [7, 11) is 4.50. The normalized spacial score (nSPS) is 17.6. The summed E-state index contributed by atoms with van der Waals surface area (Å²) >= 11 is 1.39. The number of rotatable bonds is 7. The highest BCUT2D eigenvalue weighted by atomic mass is 32.2. The van der Waals surface area contributed by atoms with Gasteiger partial charge in [0.25, 0.3) is 5.43 Å². The highest BCUT2D eigenvalue weighted by molar-refractivity contribution is 7.98. The SMILES string of the molecule is CSc1c(N2CC3CN(Cc4ccc(-n5c(-c6cccnc6N)nc6ccc(-c7ccccc7)nc65)cc4)CC3C2)c(=O)c1=O.[B]C. The number of pyridine rings is 2. The third kappa shape index (κ3) is 5.53. The number of imidazole rings is 1. The van der Waals surface area contributed by atoms with Crippen LogP contribution in [0, 0.1) is 11.8 Å². The van der Waals surface area contributed by atoms with Crippen LogP contribution < -0.4 is 21.5 Å². The van der Waals surface area contributed by atoms with Gasteiger partial charge in [-0.3, -0.25) is 19.1 Å². The van der Waals surface area contributed by atoms with Crippen molar-refractivity contribution in [3.63, 3.8) is 0 Å². The fraction of sp³-hybridized carbons (Fsp3) is 0.250. The lowest BCUT2D eigenvalue weighted by Crippen LogP contribution is -2.42. The Morgan fingerprint density at radius 1 is 0.851 bits per heavy atom. The van der Waals surface area contributed by atoms with Crippen LogP contribution in [-0.2, 0) is 6.54 Å². The Morgan fingerprint density at radius 2 is 1.57 bits per heavy atom. The minimum absolute atomic E-state index is 0.317. The molecule has 0 bridgehead atoms. The number of nitrogen functional groups attached to an aromatic ring is 1. The number of nitrogens with zero attached hydrogens (tertiary/aromatic N) is 6. The van der Waals surface area contributed by atoms with Gasteiger partial charge in [0, 0.05) is 50.2 Å². The molecule has 2 aliphatic rings. The van der Waals surface area contributed by atoms with Crippen LogP contribution >= 0.6 is 11.8 Å². The van der Waals surface area contributed by atoms with E-state index in [0.717, 1.165) is 66.4 Å². The van der Waals surface area contributed by atoms with E-state index in [1.807, 2.05) is 48.7 Å². The Hall–Kier alpha value is -4.74. The molecule has 11 heteroatoms. The summed E-state index contributed by atoms with van der Waals surface area (Å²) in [5.74, 6) is 2.11. The van der Waals surface area contributed by atoms with Crippen molar-refractivity contribution >= 4 is 42.3 Å². The van der Waals surface area contributed by atoms with Gasteiger partial charge in [-0.05, 0) is 60.1 Å². The maximum Gasteiger partial charge on any atom is 0.251 e. The van der Waals surface area contributed by atoms with Crippen LogP contribution in [0.25, 0.3) is 39.5 Å². The summed E-state index contributed by atoms with van der Waals surface area (Å²) in [6.45, 7) is 5.99. The second kappa shape index (κ2) is 12.8. The van der Waals surface area contributed by atoms with E-state index in [0.29, 0.717) is 34.1 Å². The molecule has 47 heavy (non-hydrogen) atoms. The Bertz CT molecular complexity index is 2110. The van der Waals surface area contributed by atoms with Gasteiger partial charge < -0.3 is 10.6 Å². The summed E-state index contributed by atoms with van der Waals surface area (Å²) in [6.07, 6.45) is 3.55. The van der Waals surface area contributed by atoms with Crippen LogP contribution in [0.3, 0.4) is 0 Å². The lowest BCUT2D eigenvalue weighted by Gasteiger charge is -2.25. The second-order valence-corrected chi connectivity index (χ2v) is 12.8. The molecule has 2 saturated heterocycles. The number of aromatic nitrogens is 4. The molecule has 6 aromatic rings. The lowest BCUT2D eigenvalue weighted by molar-refractivity contribution is 0.308. The smallest absolute Gasteiger partial charge is 0.251 e. The van der Waals surface area contributed by atoms with Crippen molar-refractivity contribution in [3.8, 4) is 28.3 Å². The molecule has 2 fully saturated rings. The molecule has 3 aromatic carbocycles. The van der Waals surface area contributed by atoms with Crippen LogP contribution in [0.5, 0.6) is 0 Å². The first-order valence-corrected chi connectivity index (χ1v) is 16.9. The minimum Gasteiger partial charge on any atom is -0.383 e. The zero-order valence-corrected chi connectivity index (χ0v) is 27.2. The van der Waals surface area contributed by atoms with Crippen molar-refractivity contribution < 1.29 is 0 Å². The fourth-order valence-corrected chi connectivity index (χ4v) is 7.70. The monoisotopic (exact) mass is 639 g/mol. The first kappa shape index (κ1) is 30.9. The van der Waals surface area contributed by atoms with Gasteiger partial charge >= 0.3 is 0 Å². The predicted octanol–water partition coefficient (Wildman–Crippen LogP) is 4.82.